The summed E-state index contributed by atoms with van der Waals surface area (Å²) in [4.78, 5) is 0. The number of hydrogen-bond donors (Lipinski definition) is 2. The second-order valence-corrected chi connectivity index (χ2v) is 5.10. The summed E-state index contributed by atoms with van der Waals surface area (Å²) in [5, 5.41) is 0. The fourth-order valence-corrected chi connectivity index (χ4v) is 2.80. The Balaban J connectivity index is 2.44. The maximum Gasteiger partial charge on any atom is 0.0760 e. The third-order valence-electron chi connectivity index (χ3n) is 3.60. The van der Waals surface area contributed by atoms with Crippen molar-refractivity contribution >= 4 is 0 Å². The highest BCUT2D eigenvalue weighted by atomic mass is 16.5. The molecule has 90 valence electrons. The van der Waals surface area contributed by atoms with E-state index < -0.39 is 0 Å². The monoisotopic (exact) mass is 214 g/mol. The van der Waals surface area contributed by atoms with Crippen LogP contribution in [0.2, 0.25) is 0 Å². The highest BCUT2D eigenvalue weighted by molar-refractivity contribution is 4.82. The fraction of sp³-hybridized carbons (Fsp3) is 1.00. The van der Waals surface area contributed by atoms with Crippen LogP contribution in [0.25, 0.3) is 0 Å². The van der Waals surface area contributed by atoms with E-state index in [2.05, 4.69) is 19.3 Å². The van der Waals surface area contributed by atoms with E-state index in [0.717, 1.165) is 12.3 Å². The normalized spacial score (nSPS) is 22.2. The van der Waals surface area contributed by atoms with Gasteiger partial charge in [-0.25, -0.2) is 0 Å². The van der Waals surface area contributed by atoms with Crippen LogP contribution in [0.3, 0.4) is 0 Å². The van der Waals surface area contributed by atoms with Gasteiger partial charge in [0.15, 0.2) is 0 Å². The van der Waals surface area contributed by atoms with Crippen molar-refractivity contribution in [3.63, 3.8) is 0 Å². The minimum atomic E-state index is 0.232. The summed E-state index contributed by atoms with van der Waals surface area (Å²) in [6.07, 6.45) is 6.91. The largest absolute Gasteiger partial charge is 0.380 e. The molecule has 3 N–H and O–H groups in total. The minimum Gasteiger partial charge on any atom is -0.380 e. The van der Waals surface area contributed by atoms with Gasteiger partial charge in [-0.05, 0) is 18.3 Å². The van der Waals surface area contributed by atoms with Crippen LogP contribution < -0.4 is 11.3 Å². The first kappa shape index (κ1) is 12.9. The molecule has 0 radical (unpaired) electrons. The third kappa shape index (κ3) is 3.74. The SMILES string of the molecule is COC(C(C)C)C(CC1CCCC1)NN. The zero-order valence-electron chi connectivity index (χ0n) is 10.3. The van der Waals surface area contributed by atoms with Gasteiger partial charge in [0.1, 0.15) is 0 Å². The van der Waals surface area contributed by atoms with Crippen molar-refractivity contribution in [2.75, 3.05) is 7.11 Å². The molecule has 0 aromatic heterocycles. The smallest absolute Gasteiger partial charge is 0.0760 e. The average molecular weight is 214 g/mol. The molecule has 0 bridgehead atoms. The zero-order valence-corrected chi connectivity index (χ0v) is 10.3. The summed E-state index contributed by atoms with van der Waals surface area (Å²) >= 11 is 0. The van der Waals surface area contributed by atoms with E-state index in [-0.39, 0.29) is 6.10 Å². The van der Waals surface area contributed by atoms with E-state index in [0.29, 0.717) is 12.0 Å². The molecular weight excluding hydrogens is 188 g/mol. The first-order chi connectivity index (χ1) is 7.19. The molecule has 0 spiro atoms. The van der Waals surface area contributed by atoms with E-state index in [9.17, 15) is 0 Å². The highest BCUT2D eigenvalue weighted by Crippen LogP contribution is 2.30. The minimum absolute atomic E-state index is 0.232. The van der Waals surface area contributed by atoms with Gasteiger partial charge in [-0.3, -0.25) is 11.3 Å². The summed E-state index contributed by atoms with van der Waals surface area (Å²) < 4.78 is 5.53. The average Bonchev–Trinajstić information content (AvgIpc) is 2.69. The standard InChI is InChI=1S/C12H26N2O/c1-9(2)12(15-3)11(14-13)8-10-6-4-5-7-10/h9-12,14H,4-8,13H2,1-3H3. The van der Waals surface area contributed by atoms with Gasteiger partial charge >= 0.3 is 0 Å². The number of hydrazine groups is 1. The number of nitrogens with one attached hydrogen (secondary N) is 1. The van der Waals surface area contributed by atoms with Crippen LogP contribution >= 0.6 is 0 Å². The molecule has 0 heterocycles. The molecule has 1 fully saturated rings. The van der Waals surface area contributed by atoms with Gasteiger partial charge in [0.25, 0.3) is 0 Å². The number of rotatable bonds is 6. The van der Waals surface area contributed by atoms with Gasteiger partial charge in [0, 0.05) is 13.2 Å². The molecule has 1 rings (SSSR count). The highest BCUT2D eigenvalue weighted by Gasteiger charge is 2.27. The second kappa shape index (κ2) is 6.46. The molecular formula is C12H26N2O. The van der Waals surface area contributed by atoms with E-state index >= 15 is 0 Å². The van der Waals surface area contributed by atoms with Crippen LogP contribution in [0.4, 0.5) is 0 Å². The first-order valence-corrected chi connectivity index (χ1v) is 6.18. The Morgan fingerprint density at radius 3 is 2.33 bits per heavy atom. The molecule has 1 saturated carbocycles. The van der Waals surface area contributed by atoms with Gasteiger partial charge < -0.3 is 4.74 Å². The summed E-state index contributed by atoms with van der Waals surface area (Å²) in [6.45, 7) is 4.38. The van der Waals surface area contributed by atoms with Gasteiger partial charge in [0.2, 0.25) is 0 Å². The molecule has 0 aromatic carbocycles. The van der Waals surface area contributed by atoms with Gasteiger partial charge in [0.05, 0.1) is 6.10 Å². The van der Waals surface area contributed by atoms with Crippen LogP contribution in [0.5, 0.6) is 0 Å². The van der Waals surface area contributed by atoms with Crippen molar-refractivity contribution in [1.82, 2.24) is 5.43 Å². The second-order valence-electron chi connectivity index (χ2n) is 5.10. The summed E-state index contributed by atoms with van der Waals surface area (Å²) in [6, 6.07) is 0.304. The lowest BCUT2D eigenvalue weighted by Gasteiger charge is -2.30. The van der Waals surface area contributed by atoms with E-state index in [4.69, 9.17) is 10.6 Å². The van der Waals surface area contributed by atoms with Crippen molar-refractivity contribution in [1.29, 1.82) is 0 Å². The molecule has 0 aromatic rings. The van der Waals surface area contributed by atoms with Crippen molar-refractivity contribution in [3.05, 3.63) is 0 Å². The van der Waals surface area contributed by atoms with Gasteiger partial charge in [-0.1, -0.05) is 39.5 Å². The van der Waals surface area contributed by atoms with E-state index in [1.165, 1.54) is 25.7 Å². The fourth-order valence-electron chi connectivity index (χ4n) is 2.80. The first-order valence-electron chi connectivity index (χ1n) is 6.18. The van der Waals surface area contributed by atoms with Crippen molar-refractivity contribution in [3.8, 4) is 0 Å². The quantitative estimate of drug-likeness (QED) is 0.525. The maximum absolute atomic E-state index is 5.64. The molecule has 15 heavy (non-hydrogen) atoms. The van der Waals surface area contributed by atoms with Gasteiger partial charge in [-0.2, -0.15) is 0 Å². The third-order valence-corrected chi connectivity index (χ3v) is 3.60. The topological polar surface area (TPSA) is 47.3 Å². The molecule has 1 aliphatic rings. The molecule has 1 aliphatic carbocycles. The Morgan fingerprint density at radius 1 is 1.33 bits per heavy atom. The molecule has 0 amide bonds. The summed E-state index contributed by atoms with van der Waals surface area (Å²) in [7, 11) is 1.78. The molecule has 3 heteroatoms. The maximum atomic E-state index is 5.64. The predicted molar refractivity (Wildman–Crippen MR) is 63.3 cm³/mol. The lowest BCUT2D eigenvalue weighted by Crippen LogP contribution is -2.48. The zero-order chi connectivity index (χ0) is 11.3. The predicted octanol–water partition coefficient (Wildman–Crippen LogP) is 2.07. The van der Waals surface area contributed by atoms with E-state index in [1.54, 1.807) is 7.11 Å². The Morgan fingerprint density at radius 2 is 1.93 bits per heavy atom. The Kier molecular flexibility index (Phi) is 5.58. The lowest BCUT2D eigenvalue weighted by atomic mass is 9.90. The number of hydrogen-bond acceptors (Lipinski definition) is 3. The molecule has 2 atom stereocenters. The van der Waals surface area contributed by atoms with Crippen molar-refractivity contribution in [2.45, 2.75) is 58.1 Å². The Labute approximate surface area is 93.7 Å². The summed E-state index contributed by atoms with van der Waals surface area (Å²) in [5.41, 5.74) is 2.94. The Bertz CT molecular complexity index is 167. The number of nitrogens with two attached hydrogens (primary N) is 1. The van der Waals surface area contributed by atoms with Crippen molar-refractivity contribution < 1.29 is 4.74 Å². The number of ether oxygens (including phenoxy) is 1. The molecule has 2 unspecified atom stereocenters. The van der Waals surface area contributed by atoms with E-state index in [1.807, 2.05) is 0 Å². The lowest BCUT2D eigenvalue weighted by molar-refractivity contribution is 0.0260. The molecule has 3 nitrogen and oxygen atoms in total. The van der Waals surface area contributed by atoms with Gasteiger partial charge in [-0.15, -0.1) is 0 Å². The van der Waals surface area contributed by atoms with Crippen LogP contribution in [-0.4, -0.2) is 19.3 Å². The summed E-state index contributed by atoms with van der Waals surface area (Å²) in [5.74, 6) is 7.00. The van der Waals surface area contributed by atoms with Crippen LogP contribution in [0.15, 0.2) is 0 Å². The molecule has 0 saturated heterocycles. The van der Waals surface area contributed by atoms with Crippen LogP contribution in [0.1, 0.15) is 46.0 Å². The van der Waals surface area contributed by atoms with Crippen molar-refractivity contribution in [2.24, 2.45) is 17.7 Å². The van der Waals surface area contributed by atoms with Crippen LogP contribution in [0, 0.1) is 11.8 Å². The molecule has 0 aliphatic heterocycles. The van der Waals surface area contributed by atoms with Crippen LogP contribution in [-0.2, 0) is 4.74 Å². The number of methoxy groups -OCH3 is 1. The Hall–Kier alpha value is -0.120.